The van der Waals surface area contributed by atoms with Crippen molar-refractivity contribution in [1.29, 1.82) is 0 Å². The van der Waals surface area contributed by atoms with Crippen molar-refractivity contribution in [3.05, 3.63) is 0 Å². The molecule has 3 atom stereocenters. The van der Waals surface area contributed by atoms with E-state index in [2.05, 4.69) is 11.6 Å². The molecule has 0 aromatic carbocycles. The summed E-state index contributed by atoms with van der Waals surface area (Å²) in [4.78, 5) is 0. The highest BCUT2D eigenvalue weighted by Gasteiger charge is 2.39. The monoisotopic (exact) mass is 157 g/mol. The van der Waals surface area contributed by atoms with E-state index < -0.39 is 0 Å². The van der Waals surface area contributed by atoms with E-state index in [-0.39, 0.29) is 0 Å². The van der Waals surface area contributed by atoms with Crippen LogP contribution in [0, 0.1) is 11.8 Å². The standard InChI is InChI=1S/C8H15NS/c1-10-8-3-6-2-7(6)4-9-5-8/h6-9H,2-5H2,1H3. The Morgan fingerprint density at radius 3 is 2.90 bits per heavy atom. The van der Waals surface area contributed by atoms with Gasteiger partial charge in [-0.05, 0) is 37.5 Å². The van der Waals surface area contributed by atoms with Crippen LogP contribution in [0.2, 0.25) is 0 Å². The molecule has 0 aromatic heterocycles. The fourth-order valence-electron chi connectivity index (χ4n) is 1.88. The Hall–Kier alpha value is 0.310. The van der Waals surface area contributed by atoms with Crippen molar-refractivity contribution in [3.8, 4) is 0 Å². The molecule has 2 rings (SSSR count). The minimum atomic E-state index is 0.900. The number of hydrogen-bond acceptors (Lipinski definition) is 2. The summed E-state index contributed by atoms with van der Waals surface area (Å²) in [5.74, 6) is 2.14. The first-order valence-electron chi connectivity index (χ1n) is 4.13. The molecule has 3 unspecified atom stereocenters. The molecule has 0 aromatic rings. The molecule has 0 spiro atoms. The minimum Gasteiger partial charge on any atom is -0.315 e. The van der Waals surface area contributed by atoms with E-state index in [4.69, 9.17) is 0 Å². The van der Waals surface area contributed by atoms with E-state index in [1.165, 1.54) is 25.9 Å². The summed E-state index contributed by atoms with van der Waals surface area (Å²) < 4.78 is 0. The number of thioether (sulfide) groups is 1. The van der Waals surface area contributed by atoms with Crippen molar-refractivity contribution in [2.75, 3.05) is 19.3 Å². The van der Waals surface area contributed by atoms with Crippen molar-refractivity contribution in [2.45, 2.75) is 18.1 Å². The second-order valence-electron chi connectivity index (χ2n) is 3.51. The van der Waals surface area contributed by atoms with Crippen LogP contribution in [0.3, 0.4) is 0 Å². The Balaban J connectivity index is 1.88. The van der Waals surface area contributed by atoms with Gasteiger partial charge in [0, 0.05) is 11.8 Å². The average molecular weight is 157 g/mol. The van der Waals surface area contributed by atoms with E-state index in [1.807, 2.05) is 11.8 Å². The van der Waals surface area contributed by atoms with E-state index in [0.29, 0.717) is 0 Å². The molecule has 2 fully saturated rings. The van der Waals surface area contributed by atoms with Crippen LogP contribution in [0.1, 0.15) is 12.8 Å². The topological polar surface area (TPSA) is 12.0 Å². The van der Waals surface area contributed by atoms with E-state index in [0.717, 1.165) is 17.1 Å². The van der Waals surface area contributed by atoms with Gasteiger partial charge in [0.2, 0.25) is 0 Å². The van der Waals surface area contributed by atoms with Crippen LogP contribution in [0.15, 0.2) is 0 Å². The van der Waals surface area contributed by atoms with Gasteiger partial charge in [0.05, 0.1) is 0 Å². The summed E-state index contributed by atoms with van der Waals surface area (Å²) in [6, 6.07) is 0. The zero-order valence-electron chi connectivity index (χ0n) is 6.47. The first-order chi connectivity index (χ1) is 4.90. The van der Waals surface area contributed by atoms with E-state index >= 15 is 0 Å². The highest BCUT2D eigenvalue weighted by molar-refractivity contribution is 7.99. The van der Waals surface area contributed by atoms with Crippen LogP contribution in [0.5, 0.6) is 0 Å². The summed E-state index contributed by atoms with van der Waals surface area (Å²) in [6.07, 6.45) is 5.21. The first kappa shape index (κ1) is 6.99. The summed E-state index contributed by atoms with van der Waals surface area (Å²) in [5.41, 5.74) is 0. The molecular weight excluding hydrogens is 142 g/mol. The molecule has 1 nitrogen and oxygen atoms in total. The van der Waals surface area contributed by atoms with Gasteiger partial charge in [-0.25, -0.2) is 0 Å². The first-order valence-corrected chi connectivity index (χ1v) is 5.42. The lowest BCUT2D eigenvalue weighted by Gasteiger charge is -2.10. The third-order valence-corrected chi connectivity index (χ3v) is 3.77. The summed E-state index contributed by atoms with van der Waals surface area (Å²) in [5, 5.41) is 4.42. The van der Waals surface area contributed by atoms with Gasteiger partial charge in [0.1, 0.15) is 0 Å². The highest BCUT2D eigenvalue weighted by atomic mass is 32.2. The molecule has 1 heterocycles. The number of fused-ring (bicyclic) bond motifs is 1. The maximum absolute atomic E-state index is 3.52. The number of nitrogens with one attached hydrogen (secondary N) is 1. The van der Waals surface area contributed by atoms with Gasteiger partial charge in [0.25, 0.3) is 0 Å². The normalized spacial score (nSPS) is 45.9. The third-order valence-electron chi connectivity index (χ3n) is 2.75. The van der Waals surface area contributed by atoms with Gasteiger partial charge >= 0.3 is 0 Å². The van der Waals surface area contributed by atoms with Crippen molar-refractivity contribution in [1.82, 2.24) is 5.32 Å². The van der Waals surface area contributed by atoms with Crippen LogP contribution in [-0.2, 0) is 0 Å². The molecule has 0 radical (unpaired) electrons. The lowest BCUT2D eigenvalue weighted by Crippen LogP contribution is -2.23. The SMILES string of the molecule is CSC1CNCC2CC2C1. The zero-order chi connectivity index (χ0) is 6.97. The summed E-state index contributed by atoms with van der Waals surface area (Å²) >= 11 is 2.03. The largest absolute Gasteiger partial charge is 0.315 e. The van der Waals surface area contributed by atoms with Crippen molar-refractivity contribution in [2.24, 2.45) is 11.8 Å². The zero-order valence-corrected chi connectivity index (χ0v) is 7.29. The van der Waals surface area contributed by atoms with Crippen LogP contribution in [-0.4, -0.2) is 24.6 Å². The quantitative estimate of drug-likeness (QED) is 0.616. The third kappa shape index (κ3) is 1.32. The van der Waals surface area contributed by atoms with Gasteiger partial charge in [-0.1, -0.05) is 0 Å². The molecule has 0 amide bonds. The molecule has 2 aliphatic rings. The van der Waals surface area contributed by atoms with E-state index in [9.17, 15) is 0 Å². The average Bonchev–Trinajstić information content (AvgIpc) is 2.61. The van der Waals surface area contributed by atoms with Crippen molar-refractivity contribution < 1.29 is 0 Å². The molecule has 1 aliphatic carbocycles. The van der Waals surface area contributed by atoms with Gasteiger partial charge in [-0.3, -0.25) is 0 Å². The number of rotatable bonds is 1. The van der Waals surface area contributed by atoms with Crippen LogP contribution >= 0.6 is 11.8 Å². The van der Waals surface area contributed by atoms with Crippen LogP contribution in [0.25, 0.3) is 0 Å². The Kier molecular flexibility index (Phi) is 1.92. The molecule has 1 saturated heterocycles. The molecule has 1 saturated carbocycles. The molecule has 1 N–H and O–H groups in total. The lowest BCUT2D eigenvalue weighted by atomic mass is 10.2. The Labute approximate surface area is 67.0 Å². The second-order valence-corrected chi connectivity index (χ2v) is 4.65. The minimum absolute atomic E-state index is 0.900. The maximum Gasteiger partial charge on any atom is 0.0172 e. The predicted octanol–water partition coefficient (Wildman–Crippen LogP) is 1.35. The van der Waals surface area contributed by atoms with Gasteiger partial charge < -0.3 is 5.32 Å². The molecule has 2 heteroatoms. The van der Waals surface area contributed by atoms with Gasteiger partial charge in [-0.15, -0.1) is 0 Å². The molecule has 1 aliphatic heterocycles. The molecule has 10 heavy (non-hydrogen) atoms. The lowest BCUT2D eigenvalue weighted by molar-refractivity contribution is 0.661. The number of hydrogen-bond donors (Lipinski definition) is 1. The fraction of sp³-hybridized carbons (Fsp3) is 1.00. The smallest absolute Gasteiger partial charge is 0.0172 e. The van der Waals surface area contributed by atoms with Gasteiger partial charge in [0.15, 0.2) is 0 Å². The second kappa shape index (κ2) is 2.74. The fourth-order valence-corrected chi connectivity index (χ4v) is 2.60. The summed E-state index contributed by atoms with van der Waals surface area (Å²) in [6.45, 7) is 2.54. The summed E-state index contributed by atoms with van der Waals surface area (Å²) in [7, 11) is 0. The van der Waals surface area contributed by atoms with Gasteiger partial charge in [-0.2, -0.15) is 11.8 Å². The van der Waals surface area contributed by atoms with E-state index in [1.54, 1.807) is 0 Å². The Morgan fingerprint density at radius 2 is 2.10 bits per heavy atom. The van der Waals surface area contributed by atoms with Crippen LogP contribution < -0.4 is 5.32 Å². The maximum atomic E-state index is 3.52. The van der Waals surface area contributed by atoms with Crippen molar-refractivity contribution in [3.63, 3.8) is 0 Å². The molecular formula is C8H15NS. The highest BCUT2D eigenvalue weighted by Crippen LogP contribution is 2.44. The molecule has 0 bridgehead atoms. The molecule has 58 valence electrons. The van der Waals surface area contributed by atoms with Crippen LogP contribution in [0.4, 0.5) is 0 Å². The predicted molar refractivity (Wildman–Crippen MR) is 46.4 cm³/mol. The Bertz CT molecular complexity index is 126. The van der Waals surface area contributed by atoms with Crippen molar-refractivity contribution >= 4 is 11.8 Å². The Morgan fingerprint density at radius 1 is 1.20 bits per heavy atom.